The fourth-order valence-corrected chi connectivity index (χ4v) is 3.52. The molecule has 1 fully saturated rings. The average Bonchev–Trinajstić information content (AvgIpc) is 3.04. The van der Waals surface area contributed by atoms with Gasteiger partial charge in [-0.1, -0.05) is 6.07 Å². The highest BCUT2D eigenvalue weighted by molar-refractivity contribution is 5.98. The number of nitrogens with one attached hydrogen (secondary N) is 1. The molecule has 6 heteroatoms. The Morgan fingerprint density at radius 1 is 1.04 bits per heavy atom. The van der Waals surface area contributed by atoms with E-state index in [9.17, 15) is 9.59 Å². The second kappa shape index (κ2) is 7.64. The number of rotatable bonds is 3. The summed E-state index contributed by atoms with van der Waals surface area (Å²) >= 11 is 0. The molecule has 1 aliphatic rings. The first-order valence-electron chi connectivity index (χ1n) is 8.88. The van der Waals surface area contributed by atoms with Crippen LogP contribution in [0, 0.1) is 13.8 Å². The summed E-state index contributed by atoms with van der Waals surface area (Å²) in [4.78, 5) is 32.2. The van der Waals surface area contributed by atoms with Crippen molar-refractivity contribution < 1.29 is 14.3 Å². The molecule has 1 aliphatic heterocycles. The number of methoxy groups -OCH3 is 1. The summed E-state index contributed by atoms with van der Waals surface area (Å²) in [6.07, 6.45) is 4.21. The van der Waals surface area contributed by atoms with Crippen LogP contribution in [-0.4, -0.2) is 59.9 Å². The molecule has 1 N–H and O–H groups in total. The Morgan fingerprint density at radius 3 is 2.35 bits per heavy atom. The molecule has 0 spiro atoms. The molecule has 0 atom stereocenters. The predicted molar refractivity (Wildman–Crippen MR) is 99.7 cm³/mol. The molecule has 0 saturated carbocycles. The minimum absolute atomic E-state index is 0.00419. The lowest BCUT2D eigenvalue weighted by atomic mass is 10.0. The van der Waals surface area contributed by atoms with E-state index in [0.29, 0.717) is 43.1 Å². The number of aromatic amines is 1. The number of carbonyl (C=O) groups is 2. The van der Waals surface area contributed by atoms with Gasteiger partial charge in [-0.3, -0.25) is 9.59 Å². The average molecular weight is 355 g/mol. The number of benzene rings is 1. The zero-order valence-corrected chi connectivity index (χ0v) is 15.5. The SMILES string of the molecule is COc1c(C)cc(C)cc1C(=O)N1CCCN(C(=O)c2cc[nH]c2)CC1. The summed E-state index contributed by atoms with van der Waals surface area (Å²) in [5.74, 6) is 0.597. The van der Waals surface area contributed by atoms with Crippen molar-refractivity contribution in [3.8, 4) is 5.75 Å². The Kier molecular flexibility index (Phi) is 5.30. The van der Waals surface area contributed by atoms with Gasteiger partial charge in [0.15, 0.2) is 0 Å². The molecule has 0 unspecified atom stereocenters. The van der Waals surface area contributed by atoms with Gasteiger partial charge in [0.25, 0.3) is 11.8 Å². The highest BCUT2D eigenvalue weighted by Gasteiger charge is 2.26. The number of aryl methyl sites for hydroxylation is 2. The van der Waals surface area contributed by atoms with E-state index in [1.165, 1.54) is 0 Å². The molecular weight excluding hydrogens is 330 g/mol. The Morgan fingerprint density at radius 2 is 1.73 bits per heavy atom. The number of amides is 2. The molecule has 0 aliphatic carbocycles. The molecule has 1 aromatic heterocycles. The monoisotopic (exact) mass is 355 g/mol. The molecule has 2 amide bonds. The second-order valence-electron chi connectivity index (χ2n) is 6.70. The maximum absolute atomic E-state index is 13.1. The second-order valence-corrected chi connectivity index (χ2v) is 6.70. The van der Waals surface area contributed by atoms with E-state index in [-0.39, 0.29) is 11.8 Å². The summed E-state index contributed by atoms with van der Waals surface area (Å²) < 4.78 is 5.47. The van der Waals surface area contributed by atoms with Gasteiger partial charge >= 0.3 is 0 Å². The fraction of sp³-hybridized carbons (Fsp3) is 0.400. The van der Waals surface area contributed by atoms with Crippen LogP contribution >= 0.6 is 0 Å². The van der Waals surface area contributed by atoms with Crippen molar-refractivity contribution in [3.05, 3.63) is 52.8 Å². The number of hydrogen-bond donors (Lipinski definition) is 1. The number of H-pyrrole nitrogens is 1. The summed E-state index contributed by atoms with van der Waals surface area (Å²) in [6.45, 7) is 6.25. The van der Waals surface area contributed by atoms with Gasteiger partial charge in [-0.25, -0.2) is 0 Å². The van der Waals surface area contributed by atoms with Crippen molar-refractivity contribution in [2.24, 2.45) is 0 Å². The molecule has 1 aromatic carbocycles. The maximum Gasteiger partial charge on any atom is 0.257 e. The Hall–Kier alpha value is -2.76. The van der Waals surface area contributed by atoms with Gasteiger partial charge in [0.2, 0.25) is 0 Å². The lowest BCUT2D eigenvalue weighted by molar-refractivity contribution is 0.0717. The zero-order valence-electron chi connectivity index (χ0n) is 15.5. The molecular formula is C20H25N3O3. The van der Waals surface area contributed by atoms with Crippen molar-refractivity contribution in [2.45, 2.75) is 20.3 Å². The smallest absolute Gasteiger partial charge is 0.257 e. The van der Waals surface area contributed by atoms with Gasteiger partial charge in [0.05, 0.1) is 18.2 Å². The molecule has 0 bridgehead atoms. The highest BCUT2D eigenvalue weighted by Crippen LogP contribution is 2.26. The molecule has 6 nitrogen and oxygen atoms in total. The molecule has 2 aromatic rings. The molecule has 1 saturated heterocycles. The lowest BCUT2D eigenvalue weighted by Crippen LogP contribution is -2.37. The summed E-state index contributed by atoms with van der Waals surface area (Å²) in [5.41, 5.74) is 3.23. The topological polar surface area (TPSA) is 65.6 Å². The first kappa shape index (κ1) is 18.0. The van der Waals surface area contributed by atoms with E-state index in [4.69, 9.17) is 4.74 Å². The highest BCUT2D eigenvalue weighted by atomic mass is 16.5. The van der Waals surface area contributed by atoms with E-state index in [1.54, 1.807) is 25.6 Å². The van der Waals surface area contributed by atoms with Crippen LogP contribution in [0.5, 0.6) is 5.75 Å². The Bertz CT molecular complexity index is 799. The summed E-state index contributed by atoms with van der Waals surface area (Å²) in [6, 6.07) is 5.66. The van der Waals surface area contributed by atoms with E-state index >= 15 is 0 Å². The third-order valence-electron chi connectivity index (χ3n) is 4.77. The van der Waals surface area contributed by atoms with Crippen LogP contribution in [0.3, 0.4) is 0 Å². The molecule has 26 heavy (non-hydrogen) atoms. The molecule has 2 heterocycles. The number of carbonyl (C=O) groups excluding carboxylic acids is 2. The van der Waals surface area contributed by atoms with Gasteiger partial charge in [-0.05, 0) is 43.5 Å². The quantitative estimate of drug-likeness (QED) is 0.920. The normalized spacial score (nSPS) is 14.9. The van der Waals surface area contributed by atoms with Crippen LogP contribution in [0.2, 0.25) is 0 Å². The van der Waals surface area contributed by atoms with Crippen molar-refractivity contribution in [2.75, 3.05) is 33.3 Å². The summed E-state index contributed by atoms with van der Waals surface area (Å²) in [5, 5.41) is 0. The van der Waals surface area contributed by atoms with Gasteiger partial charge in [-0.2, -0.15) is 0 Å². The first-order chi connectivity index (χ1) is 12.5. The van der Waals surface area contributed by atoms with Crippen LogP contribution in [0.15, 0.2) is 30.6 Å². The van der Waals surface area contributed by atoms with E-state index in [0.717, 1.165) is 17.5 Å². The van der Waals surface area contributed by atoms with Crippen molar-refractivity contribution in [3.63, 3.8) is 0 Å². The lowest BCUT2D eigenvalue weighted by Gasteiger charge is -2.23. The third-order valence-corrected chi connectivity index (χ3v) is 4.77. The maximum atomic E-state index is 13.1. The third kappa shape index (κ3) is 3.59. The number of ether oxygens (including phenoxy) is 1. The summed E-state index contributed by atoms with van der Waals surface area (Å²) in [7, 11) is 1.59. The van der Waals surface area contributed by atoms with Gasteiger partial charge < -0.3 is 19.5 Å². The number of hydrogen-bond acceptors (Lipinski definition) is 3. The van der Waals surface area contributed by atoms with Crippen molar-refractivity contribution in [1.29, 1.82) is 0 Å². The largest absolute Gasteiger partial charge is 0.496 e. The molecule has 138 valence electrons. The number of aromatic nitrogens is 1. The van der Waals surface area contributed by atoms with Crippen molar-refractivity contribution >= 4 is 11.8 Å². The minimum atomic E-state index is -0.0374. The first-order valence-corrected chi connectivity index (χ1v) is 8.88. The van der Waals surface area contributed by atoms with Gasteiger partial charge in [0.1, 0.15) is 5.75 Å². The van der Waals surface area contributed by atoms with E-state index in [1.807, 2.05) is 35.8 Å². The zero-order chi connectivity index (χ0) is 18.7. The Labute approximate surface area is 153 Å². The van der Waals surface area contributed by atoms with Crippen LogP contribution in [0.4, 0.5) is 0 Å². The molecule has 3 rings (SSSR count). The van der Waals surface area contributed by atoms with Crippen LogP contribution in [0.1, 0.15) is 38.3 Å². The fourth-order valence-electron chi connectivity index (χ4n) is 3.52. The number of nitrogens with zero attached hydrogens (tertiary/aromatic N) is 2. The molecule has 0 radical (unpaired) electrons. The van der Waals surface area contributed by atoms with Crippen LogP contribution < -0.4 is 4.74 Å². The minimum Gasteiger partial charge on any atom is -0.496 e. The van der Waals surface area contributed by atoms with Crippen LogP contribution in [-0.2, 0) is 0 Å². The van der Waals surface area contributed by atoms with Gasteiger partial charge in [0, 0.05) is 38.6 Å². The van der Waals surface area contributed by atoms with Crippen LogP contribution in [0.25, 0.3) is 0 Å². The van der Waals surface area contributed by atoms with E-state index in [2.05, 4.69) is 4.98 Å². The predicted octanol–water partition coefficient (Wildman–Crippen LogP) is 2.63. The van der Waals surface area contributed by atoms with Gasteiger partial charge in [-0.15, -0.1) is 0 Å². The van der Waals surface area contributed by atoms with Crippen molar-refractivity contribution in [1.82, 2.24) is 14.8 Å². The standard InChI is InChI=1S/C20H25N3O3/c1-14-11-15(2)18(26-3)17(12-14)20(25)23-8-4-7-22(9-10-23)19(24)16-5-6-21-13-16/h5-6,11-13,21H,4,7-10H2,1-3H3. The Balaban J connectivity index is 1.75. The van der Waals surface area contributed by atoms with E-state index < -0.39 is 0 Å².